The monoisotopic (exact) mass is 308 g/mol. The first-order valence-electron chi connectivity index (χ1n) is 6.96. The van der Waals surface area contributed by atoms with Crippen molar-refractivity contribution in [1.29, 1.82) is 0 Å². The minimum Gasteiger partial charge on any atom is -0.496 e. The summed E-state index contributed by atoms with van der Waals surface area (Å²) < 4.78 is 11.0. The summed E-state index contributed by atoms with van der Waals surface area (Å²) in [7, 11) is 1.65. The zero-order valence-corrected chi connectivity index (χ0v) is 12.9. The third-order valence-electron chi connectivity index (χ3n) is 3.31. The molecule has 0 spiro atoms. The van der Waals surface area contributed by atoms with Crippen molar-refractivity contribution in [3.05, 3.63) is 35.4 Å². The van der Waals surface area contributed by atoms with E-state index in [1.807, 2.05) is 30.0 Å². The highest BCUT2D eigenvalue weighted by Crippen LogP contribution is 2.27. The van der Waals surface area contributed by atoms with Crippen molar-refractivity contribution in [2.75, 3.05) is 19.5 Å². The quantitative estimate of drug-likeness (QED) is 0.784. The first kappa shape index (κ1) is 15.9. The molecule has 1 aliphatic rings. The standard InChI is InChI=1S/C16H20O4S/c1-19-15-6-4-12(5-7-16(17)18)9-13(15)10-21-11-14-3-2-8-20-14/h4-7,9,14H,2-3,8,10-11H2,1H3,(H,17,18)/b7-5+. The number of thioether (sulfide) groups is 1. The van der Waals surface area contributed by atoms with E-state index >= 15 is 0 Å². The highest BCUT2D eigenvalue weighted by molar-refractivity contribution is 7.98. The van der Waals surface area contributed by atoms with Crippen molar-refractivity contribution < 1.29 is 19.4 Å². The molecule has 1 saturated heterocycles. The number of methoxy groups -OCH3 is 1. The number of aliphatic carboxylic acids is 1. The van der Waals surface area contributed by atoms with Crippen LogP contribution in [0.5, 0.6) is 5.75 Å². The lowest BCUT2D eigenvalue weighted by atomic mass is 10.1. The predicted octanol–water partition coefficient (Wildman–Crippen LogP) is 3.21. The molecule has 114 valence electrons. The predicted molar refractivity (Wildman–Crippen MR) is 84.8 cm³/mol. The van der Waals surface area contributed by atoms with Crippen molar-refractivity contribution in [3.8, 4) is 5.75 Å². The number of rotatable bonds is 7. The lowest BCUT2D eigenvalue weighted by Crippen LogP contribution is -2.08. The summed E-state index contributed by atoms with van der Waals surface area (Å²) in [6.07, 6.45) is 5.41. The Morgan fingerprint density at radius 1 is 1.57 bits per heavy atom. The number of hydrogen-bond donors (Lipinski definition) is 1. The van der Waals surface area contributed by atoms with E-state index in [1.54, 1.807) is 13.2 Å². The van der Waals surface area contributed by atoms with Crippen molar-refractivity contribution in [1.82, 2.24) is 0 Å². The maximum Gasteiger partial charge on any atom is 0.328 e. The van der Waals surface area contributed by atoms with Crippen molar-refractivity contribution in [3.63, 3.8) is 0 Å². The summed E-state index contributed by atoms with van der Waals surface area (Å²) in [5.41, 5.74) is 1.94. The number of benzene rings is 1. The second-order valence-electron chi connectivity index (χ2n) is 4.89. The van der Waals surface area contributed by atoms with E-state index in [4.69, 9.17) is 14.6 Å². The molecular weight excluding hydrogens is 288 g/mol. The van der Waals surface area contributed by atoms with Crippen LogP contribution in [0.25, 0.3) is 6.08 Å². The molecule has 1 fully saturated rings. The highest BCUT2D eigenvalue weighted by atomic mass is 32.2. The van der Waals surface area contributed by atoms with Crippen LogP contribution in [0, 0.1) is 0 Å². The van der Waals surface area contributed by atoms with Gasteiger partial charge >= 0.3 is 5.97 Å². The third kappa shape index (κ3) is 5.10. The van der Waals surface area contributed by atoms with Gasteiger partial charge in [-0.3, -0.25) is 0 Å². The summed E-state index contributed by atoms with van der Waals surface area (Å²) >= 11 is 1.82. The first-order chi connectivity index (χ1) is 10.2. The first-order valence-corrected chi connectivity index (χ1v) is 8.12. The van der Waals surface area contributed by atoms with Crippen molar-refractivity contribution in [2.45, 2.75) is 24.7 Å². The summed E-state index contributed by atoms with van der Waals surface area (Å²) in [6.45, 7) is 0.879. The molecule has 0 radical (unpaired) electrons. The van der Waals surface area contributed by atoms with Gasteiger partial charge in [-0.2, -0.15) is 11.8 Å². The number of carbonyl (C=O) groups is 1. The van der Waals surface area contributed by atoms with E-state index in [0.717, 1.165) is 53.9 Å². The summed E-state index contributed by atoms with van der Waals surface area (Å²) in [5, 5.41) is 8.68. The van der Waals surface area contributed by atoms with Crippen LogP contribution in [0.1, 0.15) is 24.0 Å². The number of carboxylic acids is 1. The third-order valence-corrected chi connectivity index (χ3v) is 4.43. The van der Waals surface area contributed by atoms with Gasteiger partial charge in [-0.1, -0.05) is 6.07 Å². The van der Waals surface area contributed by atoms with Gasteiger partial charge in [-0.25, -0.2) is 4.79 Å². The smallest absolute Gasteiger partial charge is 0.328 e. The van der Waals surface area contributed by atoms with Crippen LogP contribution < -0.4 is 4.74 Å². The summed E-state index contributed by atoms with van der Waals surface area (Å²) in [5.74, 6) is 1.71. The number of ether oxygens (including phenoxy) is 2. The second-order valence-corrected chi connectivity index (χ2v) is 5.92. The van der Waals surface area contributed by atoms with E-state index in [0.29, 0.717) is 6.10 Å². The Balaban J connectivity index is 1.97. The number of carboxylic acid groups (broad SMARTS) is 1. The van der Waals surface area contributed by atoms with E-state index in [1.165, 1.54) is 0 Å². The van der Waals surface area contributed by atoms with Gasteiger partial charge in [0.2, 0.25) is 0 Å². The van der Waals surface area contributed by atoms with Crippen LogP contribution in [0.4, 0.5) is 0 Å². The van der Waals surface area contributed by atoms with Gasteiger partial charge in [0.15, 0.2) is 0 Å². The minimum absolute atomic E-state index is 0.371. The molecule has 5 heteroatoms. The topological polar surface area (TPSA) is 55.8 Å². The summed E-state index contributed by atoms with van der Waals surface area (Å²) in [6, 6.07) is 5.71. The molecule has 1 aliphatic heterocycles. The Labute approximate surface area is 129 Å². The Morgan fingerprint density at radius 2 is 2.43 bits per heavy atom. The molecule has 4 nitrogen and oxygen atoms in total. The van der Waals surface area contributed by atoms with Crippen LogP contribution in [-0.2, 0) is 15.3 Å². The Kier molecular flexibility index (Phi) is 6.14. The largest absolute Gasteiger partial charge is 0.496 e. The Hall–Kier alpha value is -1.46. The van der Waals surface area contributed by atoms with Crippen LogP contribution in [0.3, 0.4) is 0 Å². The van der Waals surface area contributed by atoms with Gasteiger partial charge in [-0.05, 0) is 36.6 Å². The van der Waals surface area contributed by atoms with Gasteiger partial charge in [0, 0.05) is 29.8 Å². The summed E-state index contributed by atoms with van der Waals surface area (Å²) in [4.78, 5) is 10.6. The molecule has 1 aromatic carbocycles. The average Bonchev–Trinajstić information content (AvgIpc) is 2.98. The van der Waals surface area contributed by atoms with Gasteiger partial charge in [0.25, 0.3) is 0 Å². The van der Waals surface area contributed by atoms with Gasteiger partial charge < -0.3 is 14.6 Å². The average molecular weight is 308 g/mol. The molecule has 1 heterocycles. The zero-order chi connectivity index (χ0) is 15.1. The fraction of sp³-hybridized carbons (Fsp3) is 0.438. The van der Waals surface area contributed by atoms with Crippen LogP contribution in [0.15, 0.2) is 24.3 Å². The molecule has 1 aromatic rings. The van der Waals surface area contributed by atoms with Crippen LogP contribution >= 0.6 is 11.8 Å². The molecule has 0 aliphatic carbocycles. The van der Waals surface area contributed by atoms with Gasteiger partial charge in [0.05, 0.1) is 13.2 Å². The lowest BCUT2D eigenvalue weighted by Gasteiger charge is -2.11. The number of hydrogen-bond acceptors (Lipinski definition) is 4. The molecule has 2 rings (SSSR count). The van der Waals surface area contributed by atoms with E-state index in [9.17, 15) is 4.79 Å². The van der Waals surface area contributed by atoms with Crippen molar-refractivity contribution in [2.24, 2.45) is 0 Å². The molecule has 0 saturated carbocycles. The van der Waals surface area contributed by atoms with Gasteiger partial charge in [-0.15, -0.1) is 0 Å². The fourth-order valence-corrected chi connectivity index (χ4v) is 3.35. The lowest BCUT2D eigenvalue weighted by molar-refractivity contribution is -0.131. The van der Waals surface area contributed by atoms with Crippen LogP contribution in [0.2, 0.25) is 0 Å². The Bertz CT molecular complexity index is 507. The molecule has 0 aromatic heterocycles. The maximum atomic E-state index is 10.6. The minimum atomic E-state index is -0.944. The molecule has 0 bridgehead atoms. The maximum absolute atomic E-state index is 10.6. The molecular formula is C16H20O4S. The SMILES string of the molecule is COc1ccc(/C=C/C(=O)O)cc1CSCC1CCCO1. The van der Waals surface area contributed by atoms with E-state index < -0.39 is 5.97 Å². The zero-order valence-electron chi connectivity index (χ0n) is 12.1. The molecule has 0 amide bonds. The molecule has 21 heavy (non-hydrogen) atoms. The molecule has 1 atom stereocenters. The molecule has 1 N–H and O–H groups in total. The van der Waals surface area contributed by atoms with Gasteiger partial charge in [0.1, 0.15) is 5.75 Å². The van der Waals surface area contributed by atoms with Crippen molar-refractivity contribution >= 4 is 23.8 Å². The van der Waals surface area contributed by atoms with Crippen LogP contribution in [-0.4, -0.2) is 36.6 Å². The molecule has 1 unspecified atom stereocenters. The fourth-order valence-electron chi connectivity index (χ4n) is 2.26. The van der Waals surface area contributed by atoms with E-state index in [2.05, 4.69) is 0 Å². The second kappa shape index (κ2) is 8.10. The Morgan fingerprint density at radius 3 is 3.10 bits per heavy atom. The normalized spacial score (nSPS) is 18.2. The highest BCUT2D eigenvalue weighted by Gasteiger charge is 2.15. The van der Waals surface area contributed by atoms with E-state index in [-0.39, 0.29) is 0 Å².